The first-order chi connectivity index (χ1) is 12.6. The van der Waals surface area contributed by atoms with Crippen molar-refractivity contribution in [1.29, 1.82) is 0 Å². The van der Waals surface area contributed by atoms with Gasteiger partial charge in [0.15, 0.2) is 11.4 Å². The van der Waals surface area contributed by atoms with Gasteiger partial charge in [-0.2, -0.15) is 0 Å². The molecular formula is C19H25N3O4. The third-order valence-corrected chi connectivity index (χ3v) is 4.84. The smallest absolute Gasteiger partial charge is 0.317 e. The molecule has 0 aliphatic heterocycles. The molecule has 1 aromatic rings. The molecule has 0 spiro atoms. The second kappa shape index (κ2) is 8.31. The second-order valence-corrected chi connectivity index (χ2v) is 7.01. The van der Waals surface area contributed by atoms with Crippen LogP contribution in [0.2, 0.25) is 0 Å². The Morgan fingerprint density at radius 2 is 2.19 bits per heavy atom. The van der Waals surface area contributed by atoms with E-state index in [4.69, 9.17) is 9.84 Å². The molecule has 7 heteroatoms. The lowest BCUT2D eigenvalue weighted by atomic mass is 9.85. The Labute approximate surface area is 153 Å². The maximum Gasteiger partial charge on any atom is 0.317 e. The first-order valence-electron chi connectivity index (χ1n) is 9.02. The Kier molecular flexibility index (Phi) is 5.88. The van der Waals surface area contributed by atoms with Crippen LogP contribution in [0.3, 0.4) is 0 Å². The lowest BCUT2D eigenvalue weighted by molar-refractivity contribution is -0.139. The molecule has 2 fully saturated rings. The Morgan fingerprint density at radius 3 is 2.85 bits per heavy atom. The van der Waals surface area contributed by atoms with Crippen LogP contribution in [0.5, 0.6) is 5.75 Å². The maximum absolute atomic E-state index is 12.5. The number of nitrogens with one attached hydrogen (secondary N) is 1. The van der Waals surface area contributed by atoms with Crippen LogP contribution < -0.4 is 10.1 Å². The fourth-order valence-corrected chi connectivity index (χ4v) is 3.23. The van der Waals surface area contributed by atoms with Crippen LogP contribution in [0.4, 0.5) is 0 Å². The molecule has 1 heterocycles. The van der Waals surface area contributed by atoms with Crippen LogP contribution in [-0.4, -0.2) is 58.6 Å². The lowest BCUT2D eigenvalue weighted by Crippen LogP contribution is -2.55. The quantitative estimate of drug-likeness (QED) is 0.618. The molecule has 2 saturated carbocycles. The summed E-state index contributed by atoms with van der Waals surface area (Å²) in [6, 6.07) is 3.68. The lowest BCUT2D eigenvalue weighted by Gasteiger charge is -2.42. The molecule has 2 aliphatic rings. The molecule has 7 nitrogen and oxygen atoms in total. The molecule has 2 aliphatic carbocycles. The summed E-state index contributed by atoms with van der Waals surface area (Å²) < 4.78 is 5.48. The highest BCUT2D eigenvalue weighted by Crippen LogP contribution is 2.34. The van der Waals surface area contributed by atoms with Gasteiger partial charge in [-0.1, -0.05) is 12.7 Å². The van der Waals surface area contributed by atoms with Crippen molar-refractivity contribution in [2.24, 2.45) is 5.92 Å². The van der Waals surface area contributed by atoms with Crippen molar-refractivity contribution in [1.82, 2.24) is 15.2 Å². The standard InChI is InChI=1S/C19H25N3O4/c1-2-8-26-16-4-3-7-20-18(16)19(25)21-14-9-15(10-14)22(12-17(23)24)11-13-5-6-13/h2-4,7,13-15H,1,5-6,8-12H2,(H,21,25)(H,23,24). The van der Waals surface area contributed by atoms with Crippen molar-refractivity contribution in [3.63, 3.8) is 0 Å². The zero-order chi connectivity index (χ0) is 18.5. The molecule has 1 amide bonds. The molecule has 0 aromatic carbocycles. The van der Waals surface area contributed by atoms with Crippen LogP contribution in [0.15, 0.2) is 31.0 Å². The number of carboxylic acids is 1. The maximum atomic E-state index is 12.5. The van der Waals surface area contributed by atoms with Gasteiger partial charge in [-0.3, -0.25) is 14.5 Å². The predicted octanol–water partition coefficient (Wildman–Crippen LogP) is 1.70. The normalized spacial score (nSPS) is 21.7. The highest BCUT2D eigenvalue weighted by atomic mass is 16.5. The monoisotopic (exact) mass is 359 g/mol. The van der Waals surface area contributed by atoms with Crippen molar-refractivity contribution in [2.45, 2.75) is 37.8 Å². The zero-order valence-electron chi connectivity index (χ0n) is 14.8. The van der Waals surface area contributed by atoms with E-state index in [1.54, 1.807) is 24.4 Å². The Bertz CT molecular complexity index is 669. The van der Waals surface area contributed by atoms with Gasteiger partial charge in [0.1, 0.15) is 6.61 Å². The van der Waals surface area contributed by atoms with Crippen molar-refractivity contribution < 1.29 is 19.4 Å². The SMILES string of the molecule is C=CCOc1cccnc1C(=O)NC1CC(N(CC(=O)O)CC2CC2)C1. The van der Waals surface area contributed by atoms with Gasteiger partial charge in [0.05, 0.1) is 6.54 Å². The summed E-state index contributed by atoms with van der Waals surface area (Å²) in [7, 11) is 0. The van der Waals surface area contributed by atoms with E-state index in [2.05, 4.69) is 16.9 Å². The van der Waals surface area contributed by atoms with Gasteiger partial charge in [-0.25, -0.2) is 4.98 Å². The fraction of sp³-hybridized carbons (Fsp3) is 0.526. The number of carbonyl (C=O) groups excluding carboxylic acids is 1. The van der Waals surface area contributed by atoms with Crippen molar-refractivity contribution in [2.75, 3.05) is 19.7 Å². The summed E-state index contributed by atoms with van der Waals surface area (Å²) in [5, 5.41) is 12.1. The van der Waals surface area contributed by atoms with Gasteiger partial charge < -0.3 is 15.2 Å². The number of amides is 1. The van der Waals surface area contributed by atoms with Gasteiger partial charge in [-0.05, 0) is 43.7 Å². The summed E-state index contributed by atoms with van der Waals surface area (Å²) >= 11 is 0. The first kappa shape index (κ1) is 18.4. The van der Waals surface area contributed by atoms with E-state index in [0.717, 1.165) is 19.4 Å². The second-order valence-electron chi connectivity index (χ2n) is 7.01. The topological polar surface area (TPSA) is 91.8 Å². The number of hydrogen-bond acceptors (Lipinski definition) is 5. The average molecular weight is 359 g/mol. The fourth-order valence-electron chi connectivity index (χ4n) is 3.23. The number of rotatable bonds is 10. The highest BCUT2D eigenvalue weighted by Gasteiger charge is 2.38. The predicted molar refractivity (Wildman–Crippen MR) is 96.1 cm³/mol. The van der Waals surface area contributed by atoms with Gasteiger partial charge >= 0.3 is 5.97 Å². The summed E-state index contributed by atoms with van der Waals surface area (Å²) in [4.78, 5) is 29.7. The van der Waals surface area contributed by atoms with Crippen molar-refractivity contribution in [3.8, 4) is 5.75 Å². The number of carboxylic acid groups (broad SMARTS) is 1. The number of hydrogen-bond donors (Lipinski definition) is 2. The van der Waals surface area contributed by atoms with Crippen LogP contribution in [-0.2, 0) is 4.79 Å². The number of nitrogens with zero attached hydrogens (tertiary/aromatic N) is 2. The molecule has 1 aromatic heterocycles. The Balaban J connectivity index is 1.52. The summed E-state index contributed by atoms with van der Waals surface area (Å²) in [6.07, 6.45) is 7.08. The number of aliphatic carboxylic acids is 1. The van der Waals surface area contributed by atoms with Crippen LogP contribution in [0, 0.1) is 5.92 Å². The largest absolute Gasteiger partial charge is 0.487 e. The Hall–Kier alpha value is -2.41. The van der Waals surface area contributed by atoms with Crippen LogP contribution in [0.1, 0.15) is 36.2 Å². The van der Waals surface area contributed by atoms with Crippen LogP contribution in [0.25, 0.3) is 0 Å². The molecule has 2 N–H and O–H groups in total. The molecule has 140 valence electrons. The molecule has 0 atom stereocenters. The third kappa shape index (κ3) is 4.82. The van der Waals surface area contributed by atoms with E-state index in [1.807, 2.05) is 4.90 Å². The van der Waals surface area contributed by atoms with E-state index in [-0.39, 0.29) is 30.2 Å². The average Bonchev–Trinajstić information content (AvgIpc) is 3.39. The number of ether oxygens (including phenoxy) is 1. The molecular weight excluding hydrogens is 334 g/mol. The van der Waals surface area contributed by atoms with E-state index < -0.39 is 5.97 Å². The minimum atomic E-state index is -0.796. The zero-order valence-corrected chi connectivity index (χ0v) is 14.8. The molecule has 0 radical (unpaired) electrons. The van der Waals surface area contributed by atoms with Gasteiger partial charge in [-0.15, -0.1) is 0 Å². The van der Waals surface area contributed by atoms with Gasteiger partial charge in [0, 0.05) is 24.8 Å². The van der Waals surface area contributed by atoms with Crippen molar-refractivity contribution >= 4 is 11.9 Å². The minimum Gasteiger partial charge on any atom is -0.487 e. The molecule has 0 unspecified atom stereocenters. The van der Waals surface area contributed by atoms with E-state index >= 15 is 0 Å². The van der Waals surface area contributed by atoms with Crippen LogP contribution >= 0.6 is 0 Å². The van der Waals surface area contributed by atoms with E-state index in [9.17, 15) is 9.59 Å². The van der Waals surface area contributed by atoms with E-state index in [0.29, 0.717) is 18.3 Å². The third-order valence-electron chi connectivity index (χ3n) is 4.84. The number of aromatic nitrogens is 1. The molecule has 0 saturated heterocycles. The molecule has 26 heavy (non-hydrogen) atoms. The highest BCUT2D eigenvalue weighted by molar-refractivity contribution is 5.95. The summed E-state index contributed by atoms with van der Waals surface area (Å²) in [5.41, 5.74) is 0.262. The van der Waals surface area contributed by atoms with Gasteiger partial charge in [0.2, 0.25) is 0 Å². The molecule has 3 rings (SSSR count). The first-order valence-corrected chi connectivity index (χ1v) is 9.02. The molecule has 0 bridgehead atoms. The summed E-state index contributed by atoms with van der Waals surface area (Å²) in [6.45, 7) is 4.82. The number of pyridine rings is 1. The number of carbonyl (C=O) groups is 2. The summed E-state index contributed by atoms with van der Waals surface area (Å²) in [5.74, 6) is 0.0128. The minimum absolute atomic E-state index is 0.0391. The van der Waals surface area contributed by atoms with Gasteiger partial charge in [0.25, 0.3) is 5.91 Å². The van der Waals surface area contributed by atoms with Crippen molar-refractivity contribution in [3.05, 3.63) is 36.7 Å². The Morgan fingerprint density at radius 1 is 1.42 bits per heavy atom. The van der Waals surface area contributed by atoms with E-state index in [1.165, 1.54) is 12.8 Å².